The van der Waals surface area contributed by atoms with Gasteiger partial charge in [-0.05, 0) is 18.2 Å². The third kappa shape index (κ3) is 4.17. The summed E-state index contributed by atoms with van der Waals surface area (Å²) in [5.74, 6) is 1.58. The minimum atomic E-state index is -4.14. The minimum absolute atomic E-state index is 0.0222. The molecule has 0 bridgehead atoms. The van der Waals surface area contributed by atoms with Crippen LogP contribution in [0.4, 0.5) is 17.3 Å². The molecule has 0 fully saturated rings. The van der Waals surface area contributed by atoms with Crippen LogP contribution in [0.3, 0.4) is 0 Å². The van der Waals surface area contributed by atoms with Crippen molar-refractivity contribution >= 4 is 38.3 Å². The fourth-order valence-corrected chi connectivity index (χ4v) is 4.52. The Balaban J connectivity index is 1.71. The third-order valence-electron chi connectivity index (χ3n) is 4.71. The Morgan fingerprint density at radius 2 is 1.64 bits per heavy atom. The second-order valence-corrected chi connectivity index (χ2v) is 8.25. The van der Waals surface area contributed by atoms with Crippen LogP contribution in [0.2, 0.25) is 0 Å². The molecule has 12 nitrogen and oxygen atoms in total. The summed E-state index contributed by atoms with van der Waals surface area (Å²) >= 11 is 0. The Kier molecular flexibility index (Phi) is 5.87. The lowest BCUT2D eigenvalue weighted by atomic mass is 10.2. The number of benzene rings is 2. The molecule has 0 spiro atoms. The predicted octanol–water partition coefficient (Wildman–Crippen LogP) is 3.13. The molecule has 0 atom stereocenters. The number of rotatable bonds is 9. The number of sulfonamides is 1. The molecule has 2 aromatic heterocycles. The van der Waals surface area contributed by atoms with Gasteiger partial charge < -0.3 is 28.8 Å². The van der Waals surface area contributed by atoms with Crippen LogP contribution >= 0.6 is 0 Å². The number of aromatic amines is 1. The third-order valence-corrected chi connectivity index (χ3v) is 6.11. The molecule has 4 aromatic rings. The fraction of sp³-hybridized carbons (Fsp3) is 0.200. The minimum Gasteiger partial charge on any atom is -0.495 e. The van der Waals surface area contributed by atoms with Crippen LogP contribution in [-0.2, 0) is 10.0 Å². The number of ether oxygens (including phenoxy) is 4. The molecule has 0 aliphatic rings. The summed E-state index contributed by atoms with van der Waals surface area (Å²) in [5.41, 5.74) is 0.850. The number of nitrogens with one attached hydrogen (secondary N) is 3. The molecule has 4 rings (SSSR count). The smallest absolute Gasteiger partial charge is 0.270 e. The summed E-state index contributed by atoms with van der Waals surface area (Å²) < 4.78 is 55.1. The first kappa shape index (κ1) is 22.1. The molecule has 0 saturated heterocycles. The number of aromatic nitrogens is 3. The van der Waals surface area contributed by atoms with Crippen LogP contribution in [0.25, 0.3) is 11.0 Å². The normalized spacial score (nSPS) is 11.3. The van der Waals surface area contributed by atoms with E-state index in [9.17, 15) is 8.42 Å². The van der Waals surface area contributed by atoms with Crippen LogP contribution in [0.1, 0.15) is 0 Å². The van der Waals surface area contributed by atoms with Gasteiger partial charge in [0.05, 0.1) is 39.5 Å². The van der Waals surface area contributed by atoms with Crippen LogP contribution in [0.15, 0.2) is 45.8 Å². The van der Waals surface area contributed by atoms with Crippen molar-refractivity contribution in [2.24, 2.45) is 0 Å². The highest BCUT2D eigenvalue weighted by Crippen LogP contribution is 2.38. The molecule has 33 heavy (non-hydrogen) atoms. The summed E-state index contributed by atoms with van der Waals surface area (Å²) in [5, 5.41) is 14.1. The lowest BCUT2D eigenvalue weighted by molar-refractivity contribution is 0.373. The molecule has 0 saturated carbocycles. The maximum atomic E-state index is 13.2. The average Bonchev–Trinajstić information content (AvgIpc) is 3.44. The topological polar surface area (TPSA) is 150 Å². The maximum Gasteiger partial charge on any atom is 0.270 e. The Morgan fingerprint density at radius 3 is 2.24 bits per heavy atom. The lowest BCUT2D eigenvalue weighted by Gasteiger charge is -2.14. The van der Waals surface area contributed by atoms with Crippen LogP contribution in [0.5, 0.6) is 23.1 Å². The first-order valence-electron chi connectivity index (χ1n) is 9.47. The van der Waals surface area contributed by atoms with Gasteiger partial charge in [0.25, 0.3) is 10.0 Å². The Morgan fingerprint density at radius 1 is 0.939 bits per heavy atom. The maximum absolute atomic E-state index is 13.2. The fourth-order valence-electron chi connectivity index (χ4n) is 3.18. The van der Waals surface area contributed by atoms with Gasteiger partial charge in [-0.25, -0.2) is 8.42 Å². The van der Waals surface area contributed by atoms with Gasteiger partial charge in [0.15, 0.2) is 16.3 Å². The molecule has 0 unspecified atom stereocenters. The van der Waals surface area contributed by atoms with Gasteiger partial charge >= 0.3 is 0 Å². The Bertz CT molecular complexity index is 1380. The lowest BCUT2D eigenvalue weighted by Crippen LogP contribution is -2.15. The number of fused-ring (bicyclic) bond motifs is 1. The SMILES string of the molecule is COc1cc(Nc2cc3onc(NS(=O)(=O)c4c(OC)cccc4OC)c3cc2OC)[nH]n1. The van der Waals surface area contributed by atoms with E-state index in [1.165, 1.54) is 40.6 Å². The highest BCUT2D eigenvalue weighted by atomic mass is 32.2. The molecular weight excluding hydrogens is 454 g/mol. The summed E-state index contributed by atoms with van der Waals surface area (Å²) in [6.45, 7) is 0. The molecule has 0 aliphatic carbocycles. The van der Waals surface area contributed by atoms with Gasteiger partial charge in [-0.3, -0.25) is 9.82 Å². The van der Waals surface area contributed by atoms with E-state index in [1.54, 1.807) is 24.3 Å². The van der Waals surface area contributed by atoms with Crippen molar-refractivity contribution in [3.8, 4) is 23.1 Å². The van der Waals surface area contributed by atoms with E-state index in [0.29, 0.717) is 34.1 Å². The van der Waals surface area contributed by atoms with Crippen molar-refractivity contribution in [1.29, 1.82) is 0 Å². The number of nitrogens with zero attached hydrogens (tertiary/aromatic N) is 2. The van der Waals surface area contributed by atoms with Crippen molar-refractivity contribution in [2.75, 3.05) is 38.5 Å². The highest BCUT2D eigenvalue weighted by Gasteiger charge is 2.27. The highest BCUT2D eigenvalue weighted by molar-refractivity contribution is 7.93. The van der Waals surface area contributed by atoms with E-state index >= 15 is 0 Å². The molecule has 0 aliphatic heterocycles. The zero-order valence-electron chi connectivity index (χ0n) is 18.1. The molecule has 2 heterocycles. The number of methoxy groups -OCH3 is 4. The van der Waals surface area contributed by atoms with Crippen LogP contribution in [-0.4, -0.2) is 52.2 Å². The van der Waals surface area contributed by atoms with Crippen molar-refractivity contribution in [3.05, 3.63) is 36.4 Å². The second-order valence-electron chi connectivity index (χ2n) is 6.63. The molecule has 0 radical (unpaired) electrons. The molecular formula is C20H21N5O7S. The van der Waals surface area contributed by atoms with Gasteiger partial charge in [0.1, 0.15) is 23.1 Å². The van der Waals surface area contributed by atoms with Crippen LogP contribution < -0.4 is 29.0 Å². The van der Waals surface area contributed by atoms with Crippen molar-refractivity contribution in [2.45, 2.75) is 4.90 Å². The number of hydrogen-bond acceptors (Lipinski definition) is 10. The molecule has 2 aromatic carbocycles. The van der Waals surface area contributed by atoms with E-state index in [2.05, 4.69) is 25.4 Å². The Labute approximate surface area is 188 Å². The quantitative estimate of drug-likeness (QED) is 0.329. The summed E-state index contributed by atoms with van der Waals surface area (Å²) in [4.78, 5) is -0.162. The zero-order valence-corrected chi connectivity index (χ0v) is 18.9. The van der Waals surface area contributed by atoms with E-state index in [4.69, 9.17) is 23.5 Å². The van der Waals surface area contributed by atoms with E-state index in [0.717, 1.165) is 0 Å². The molecule has 174 valence electrons. The van der Waals surface area contributed by atoms with Gasteiger partial charge in [-0.1, -0.05) is 11.2 Å². The van der Waals surface area contributed by atoms with Gasteiger partial charge in [-0.2, -0.15) is 0 Å². The molecule has 0 amide bonds. The van der Waals surface area contributed by atoms with Crippen molar-refractivity contribution in [3.63, 3.8) is 0 Å². The number of anilines is 3. The average molecular weight is 475 g/mol. The number of hydrogen-bond donors (Lipinski definition) is 3. The van der Waals surface area contributed by atoms with E-state index in [-0.39, 0.29) is 22.2 Å². The van der Waals surface area contributed by atoms with Gasteiger partial charge in [0.2, 0.25) is 5.88 Å². The predicted molar refractivity (Wildman–Crippen MR) is 119 cm³/mol. The summed E-state index contributed by atoms with van der Waals surface area (Å²) in [7, 11) is 1.58. The van der Waals surface area contributed by atoms with E-state index < -0.39 is 10.0 Å². The van der Waals surface area contributed by atoms with Gasteiger partial charge in [-0.15, -0.1) is 5.10 Å². The molecule has 13 heteroatoms. The van der Waals surface area contributed by atoms with Crippen LogP contribution in [0, 0.1) is 0 Å². The molecule has 3 N–H and O–H groups in total. The van der Waals surface area contributed by atoms with Crippen molar-refractivity contribution in [1.82, 2.24) is 15.4 Å². The van der Waals surface area contributed by atoms with E-state index in [1.807, 2.05) is 0 Å². The number of H-pyrrole nitrogens is 1. The summed E-state index contributed by atoms with van der Waals surface area (Å²) in [6.07, 6.45) is 0. The largest absolute Gasteiger partial charge is 0.495 e. The van der Waals surface area contributed by atoms with Crippen molar-refractivity contribution < 1.29 is 31.9 Å². The summed E-state index contributed by atoms with van der Waals surface area (Å²) in [6, 6.07) is 9.53. The first-order valence-corrected chi connectivity index (χ1v) is 11.0. The first-order chi connectivity index (χ1) is 15.9. The monoisotopic (exact) mass is 475 g/mol. The second kappa shape index (κ2) is 8.78. The zero-order chi connectivity index (χ0) is 23.6. The van der Waals surface area contributed by atoms with Gasteiger partial charge in [0, 0.05) is 12.1 Å². The standard InChI is InChI=1S/C20H21N5O7S/c1-28-13-6-5-7-14(29-2)19(13)33(26,27)25-20-11-8-16(30-3)12(9-15(11)32-24-20)21-17-10-18(31-4)23-22-17/h5-10H,1-4H3,(H,24,25)(H2,21,22,23). The Hall–Kier alpha value is -4.13.